The monoisotopic (exact) mass is 248 g/mol. The zero-order valence-corrected chi connectivity index (χ0v) is 10.7. The van der Waals surface area contributed by atoms with Crippen LogP contribution >= 0.6 is 0 Å². The van der Waals surface area contributed by atoms with Crippen molar-refractivity contribution in [3.05, 3.63) is 23.4 Å². The summed E-state index contributed by atoms with van der Waals surface area (Å²) in [5, 5.41) is 6.65. The summed E-state index contributed by atoms with van der Waals surface area (Å²) in [5.41, 5.74) is 6.66. The molecule has 0 saturated carbocycles. The van der Waals surface area contributed by atoms with Gasteiger partial charge in [-0.1, -0.05) is 0 Å². The minimum Gasteiger partial charge on any atom is -0.369 e. The van der Waals surface area contributed by atoms with Crippen molar-refractivity contribution in [1.29, 1.82) is 0 Å². The highest BCUT2D eigenvalue weighted by atomic mass is 16.1. The van der Waals surface area contributed by atoms with Gasteiger partial charge in [0.15, 0.2) is 0 Å². The van der Waals surface area contributed by atoms with E-state index in [0.29, 0.717) is 17.4 Å². The van der Waals surface area contributed by atoms with Gasteiger partial charge in [0.2, 0.25) is 0 Å². The van der Waals surface area contributed by atoms with Crippen molar-refractivity contribution < 1.29 is 4.79 Å². The predicted octanol–water partition coefficient (Wildman–Crippen LogP) is 1.04. The second-order valence-electron chi connectivity index (χ2n) is 4.72. The molecule has 1 saturated heterocycles. The first-order chi connectivity index (χ1) is 8.66. The van der Waals surface area contributed by atoms with Gasteiger partial charge in [-0.2, -0.15) is 0 Å². The van der Waals surface area contributed by atoms with E-state index in [1.54, 1.807) is 12.1 Å². The van der Waals surface area contributed by atoms with Crippen molar-refractivity contribution in [3.63, 3.8) is 0 Å². The molecule has 1 aromatic heterocycles. The van der Waals surface area contributed by atoms with Crippen molar-refractivity contribution in [2.24, 2.45) is 5.73 Å². The molecule has 1 fully saturated rings. The van der Waals surface area contributed by atoms with Crippen molar-refractivity contribution >= 4 is 11.7 Å². The Morgan fingerprint density at radius 3 is 3.11 bits per heavy atom. The first-order valence-corrected chi connectivity index (χ1v) is 6.41. The fourth-order valence-electron chi connectivity index (χ4n) is 2.26. The smallest absolute Gasteiger partial charge is 0.252 e. The maximum absolute atomic E-state index is 11.3. The molecule has 2 heterocycles. The third-order valence-electron chi connectivity index (χ3n) is 3.25. The van der Waals surface area contributed by atoms with Crippen LogP contribution in [-0.4, -0.2) is 30.0 Å². The molecule has 18 heavy (non-hydrogen) atoms. The van der Waals surface area contributed by atoms with Gasteiger partial charge in [0.1, 0.15) is 5.82 Å². The zero-order valence-electron chi connectivity index (χ0n) is 10.7. The molecule has 1 aliphatic rings. The third kappa shape index (κ3) is 3.20. The van der Waals surface area contributed by atoms with Crippen LogP contribution in [0.2, 0.25) is 0 Å². The number of carbonyl (C=O) groups is 1. The normalized spacial score (nSPS) is 18.8. The quantitative estimate of drug-likeness (QED) is 0.727. The summed E-state index contributed by atoms with van der Waals surface area (Å²) in [6.07, 6.45) is 3.51. The summed E-state index contributed by atoms with van der Waals surface area (Å²) in [7, 11) is 0. The lowest BCUT2D eigenvalue weighted by atomic mass is 10.1. The lowest BCUT2D eigenvalue weighted by molar-refractivity contribution is 0.100. The Morgan fingerprint density at radius 2 is 2.44 bits per heavy atom. The molecule has 5 nitrogen and oxygen atoms in total. The maximum Gasteiger partial charge on any atom is 0.252 e. The van der Waals surface area contributed by atoms with Gasteiger partial charge in [0.05, 0.1) is 5.56 Å². The van der Waals surface area contributed by atoms with Gasteiger partial charge >= 0.3 is 0 Å². The molecular formula is C13H20N4O. The van der Waals surface area contributed by atoms with Crippen LogP contribution < -0.4 is 16.4 Å². The van der Waals surface area contributed by atoms with E-state index in [-0.39, 0.29) is 0 Å². The molecule has 4 N–H and O–H groups in total. The summed E-state index contributed by atoms with van der Waals surface area (Å²) >= 11 is 0. The summed E-state index contributed by atoms with van der Waals surface area (Å²) in [6.45, 7) is 3.81. The number of hydrogen-bond acceptors (Lipinski definition) is 4. The molecule has 98 valence electrons. The van der Waals surface area contributed by atoms with Gasteiger partial charge in [-0.15, -0.1) is 0 Å². The minimum absolute atomic E-state index is 0.441. The molecule has 1 aliphatic heterocycles. The van der Waals surface area contributed by atoms with Gasteiger partial charge in [-0.3, -0.25) is 4.79 Å². The number of hydrogen-bond donors (Lipinski definition) is 3. The molecule has 1 aromatic rings. The highest BCUT2D eigenvalue weighted by molar-refractivity contribution is 5.97. The number of aryl methyl sites for hydroxylation is 1. The largest absolute Gasteiger partial charge is 0.369 e. The number of carbonyl (C=O) groups excluding carboxylic acids is 1. The first-order valence-electron chi connectivity index (χ1n) is 6.41. The van der Waals surface area contributed by atoms with Crippen LogP contribution in [0.25, 0.3) is 0 Å². The average molecular weight is 248 g/mol. The van der Waals surface area contributed by atoms with Gasteiger partial charge in [-0.25, -0.2) is 4.98 Å². The van der Waals surface area contributed by atoms with Gasteiger partial charge in [0, 0.05) is 18.3 Å². The number of primary amides is 1. The molecule has 0 radical (unpaired) electrons. The van der Waals surface area contributed by atoms with Crippen molar-refractivity contribution in [3.8, 4) is 0 Å². The molecular weight excluding hydrogens is 228 g/mol. The van der Waals surface area contributed by atoms with Crippen LogP contribution in [0.3, 0.4) is 0 Å². The van der Waals surface area contributed by atoms with Gasteiger partial charge < -0.3 is 16.4 Å². The van der Waals surface area contributed by atoms with Crippen molar-refractivity contribution in [1.82, 2.24) is 10.3 Å². The van der Waals surface area contributed by atoms with E-state index in [1.165, 1.54) is 12.8 Å². The summed E-state index contributed by atoms with van der Waals surface area (Å²) < 4.78 is 0. The number of rotatable bonds is 5. The summed E-state index contributed by atoms with van der Waals surface area (Å²) in [4.78, 5) is 15.6. The zero-order chi connectivity index (χ0) is 13.0. The fraction of sp³-hybridized carbons (Fsp3) is 0.538. The molecule has 5 heteroatoms. The molecule has 0 bridgehead atoms. The fourth-order valence-corrected chi connectivity index (χ4v) is 2.26. The number of anilines is 1. The third-order valence-corrected chi connectivity index (χ3v) is 3.25. The maximum atomic E-state index is 11.3. The lowest BCUT2D eigenvalue weighted by Gasteiger charge is -2.13. The van der Waals surface area contributed by atoms with E-state index in [4.69, 9.17) is 5.73 Å². The minimum atomic E-state index is -0.441. The molecule has 2 rings (SSSR count). The number of nitrogens with one attached hydrogen (secondary N) is 2. The second kappa shape index (κ2) is 5.82. The molecule has 0 spiro atoms. The van der Waals surface area contributed by atoms with Crippen LogP contribution in [-0.2, 0) is 0 Å². The predicted molar refractivity (Wildman–Crippen MR) is 71.6 cm³/mol. The lowest BCUT2D eigenvalue weighted by Crippen LogP contribution is -2.25. The Bertz CT molecular complexity index is 427. The van der Waals surface area contributed by atoms with E-state index in [1.807, 2.05) is 6.92 Å². The Morgan fingerprint density at radius 1 is 1.61 bits per heavy atom. The van der Waals surface area contributed by atoms with Gasteiger partial charge in [-0.05, 0) is 44.9 Å². The van der Waals surface area contributed by atoms with Crippen LogP contribution in [0.15, 0.2) is 12.1 Å². The van der Waals surface area contributed by atoms with Gasteiger partial charge in [0.25, 0.3) is 5.91 Å². The number of aromatic nitrogens is 1. The molecule has 0 aliphatic carbocycles. The Balaban J connectivity index is 1.94. The Hall–Kier alpha value is -1.62. The second-order valence-corrected chi connectivity index (χ2v) is 4.72. The molecule has 0 unspecified atom stereocenters. The molecule has 0 aromatic carbocycles. The molecule has 1 amide bonds. The average Bonchev–Trinajstić information content (AvgIpc) is 2.82. The van der Waals surface area contributed by atoms with Crippen LogP contribution in [0, 0.1) is 6.92 Å². The van der Waals surface area contributed by atoms with Crippen molar-refractivity contribution in [2.45, 2.75) is 32.2 Å². The van der Waals surface area contributed by atoms with E-state index < -0.39 is 5.91 Å². The standard InChI is InChI=1S/C13H20N4O/c1-9-4-5-11(12(14)18)13(17-9)16-8-6-10-3-2-7-15-10/h4-5,10,15H,2-3,6-8H2,1H3,(H2,14,18)(H,16,17)/t10-/m1/s1. The van der Waals surface area contributed by atoms with Crippen LogP contribution in [0.4, 0.5) is 5.82 Å². The van der Waals surface area contributed by atoms with Crippen LogP contribution in [0.1, 0.15) is 35.3 Å². The summed E-state index contributed by atoms with van der Waals surface area (Å²) in [5.74, 6) is 0.157. The Labute approximate surface area is 107 Å². The number of nitrogens with two attached hydrogens (primary N) is 1. The SMILES string of the molecule is Cc1ccc(C(N)=O)c(NCC[C@H]2CCCN2)n1. The van der Waals surface area contributed by atoms with Crippen LogP contribution in [0.5, 0.6) is 0 Å². The highest BCUT2D eigenvalue weighted by Gasteiger charge is 2.14. The van der Waals surface area contributed by atoms with E-state index >= 15 is 0 Å². The number of nitrogens with zero attached hydrogens (tertiary/aromatic N) is 1. The van der Waals surface area contributed by atoms with E-state index in [2.05, 4.69) is 15.6 Å². The van der Waals surface area contributed by atoms with E-state index in [0.717, 1.165) is 25.2 Å². The van der Waals surface area contributed by atoms with E-state index in [9.17, 15) is 4.79 Å². The Kier molecular flexibility index (Phi) is 4.15. The number of pyridine rings is 1. The topological polar surface area (TPSA) is 80.0 Å². The highest BCUT2D eigenvalue weighted by Crippen LogP contribution is 2.14. The summed E-state index contributed by atoms with van der Waals surface area (Å²) in [6, 6.07) is 4.10. The molecule has 1 atom stereocenters. The number of amides is 1. The van der Waals surface area contributed by atoms with Crippen molar-refractivity contribution in [2.75, 3.05) is 18.4 Å². The first kappa shape index (κ1) is 12.8.